The van der Waals surface area contributed by atoms with Crippen molar-refractivity contribution in [2.75, 3.05) is 23.7 Å². The van der Waals surface area contributed by atoms with Gasteiger partial charge in [-0.05, 0) is 49.6 Å². The normalized spacial score (nSPS) is 12.2. The molecule has 0 aliphatic heterocycles. The molecule has 142 valence electrons. The Morgan fingerprint density at radius 1 is 0.923 bits per heavy atom. The third-order valence-corrected chi connectivity index (χ3v) is 6.62. The van der Waals surface area contributed by atoms with Crippen LogP contribution in [0.4, 0.5) is 5.69 Å². The summed E-state index contributed by atoms with van der Waals surface area (Å²) in [6.07, 6.45) is 1.12. The van der Waals surface area contributed by atoms with E-state index in [1.807, 2.05) is 45.0 Å². The quantitative estimate of drug-likeness (QED) is 0.779. The van der Waals surface area contributed by atoms with E-state index in [-0.39, 0.29) is 18.0 Å². The minimum absolute atomic E-state index is 0.00950. The van der Waals surface area contributed by atoms with Crippen LogP contribution in [0.1, 0.15) is 16.7 Å². The van der Waals surface area contributed by atoms with Crippen LogP contribution in [-0.4, -0.2) is 36.2 Å². The molecule has 8 heteroatoms. The van der Waals surface area contributed by atoms with Crippen LogP contribution >= 0.6 is 0 Å². The number of hydrogen-bond acceptors (Lipinski definition) is 4. The van der Waals surface area contributed by atoms with Crippen molar-refractivity contribution in [1.82, 2.24) is 4.72 Å². The van der Waals surface area contributed by atoms with Crippen LogP contribution in [0.15, 0.2) is 47.4 Å². The van der Waals surface area contributed by atoms with Crippen LogP contribution in [0, 0.1) is 20.8 Å². The second-order valence-electron chi connectivity index (χ2n) is 6.29. The zero-order valence-electron chi connectivity index (χ0n) is 15.4. The van der Waals surface area contributed by atoms with Gasteiger partial charge in [-0.25, -0.2) is 21.6 Å². The van der Waals surface area contributed by atoms with Gasteiger partial charge in [0.25, 0.3) is 0 Å². The standard InChI is InChI=1S/C18H24N2O4S2/c1-14-7-5-10-17(13-14)26(23,24)19-11-12-20(25(4,21)22)18-15(2)8-6-9-16(18)3/h5-10,13,19H,11-12H2,1-4H3. The summed E-state index contributed by atoms with van der Waals surface area (Å²) in [7, 11) is -7.25. The van der Waals surface area contributed by atoms with Gasteiger partial charge in [0.15, 0.2) is 0 Å². The topological polar surface area (TPSA) is 83.6 Å². The molecule has 0 bridgehead atoms. The molecule has 0 spiro atoms. The number of rotatable bonds is 7. The Balaban J connectivity index is 2.22. The Bertz CT molecular complexity index is 979. The SMILES string of the molecule is Cc1cccc(S(=O)(=O)NCCN(c2c(C)cccc2C)S(C)(=O)=O)c1. The van der Waals surface area contributed by atoms with Crippen LogP contribution in [-0.2, 0) is 20.0 Å². The van der Waals surface area contributed by atoms with E-state index >= 15 is 0 Å². The lowest BCUT2D eigenvalue weighted by Crippen LogP contribution is -2.38. The van der Waals surface area contributed by atoms with E-state index < -0.39 is 20.0 Å². The van der Waals surface area contributed by atoms with E-state index in [0.717, 1.165) is 22.9 Å². The highest BCUT2D eigenvalue weighted by molar-refractivity contribution is 7.92. The molecule has 6 nitrogen and oxygen atoms in total. The molecule has 0 amide bonds. The fourth-order valence-electron chi connectivity index (χ4n) is 2.79. The molecule has 0 unspecified atom stereocenters. The maximum Gasteiger partial charge on any atom is 0.240 e. The lowest BCUT2D eigenvalue weighted by molar-refractivity contribution is 0.578. The molecule has 0 aromatic heterocycles. The molecular weight excluding hydrogens is 372 g/mol. The summed E-state index contributed by atoms with van der Waals surface area (Å²) in [6, 6.07) is 12.1. The summed E-state index contributed by atoms with van der Waals surface area (Å²) in [6.45, 7) is 5.45. The van der Waals surface area contributed by atoms with E-state index in [1.54, 1.807) is 12.1 Å². The number of aryl methyl sites for hydroxylation is 3. The number of hydrogen-bond donors (Lipinski definition) is 1. The van der Waals surface area contributed by atoms with Crippen molar-refractivity contribution in [2.24, 2.45) is 0 Å². The number of para-hydroxylation sites is 1. The van der Waals surface area contributed by atoms with E-state index in [1.165, 1.54) is 10.4 Å². The van der Waals surface area contributed by atoms with Gasteiger partial charge in [-0.1, -0.05) is 30.3 Å². The maximum absolute atomic E-state index is 12.4. The average Bonchev–Trinajstić information content (AvgIpc) is 2.52. The summed E-state index contributed by atoms with van der Waals surface area (Å²) < 4.78 is 53.1. The number of benzene rings is 2. The fraction of sp³-hybridized carbons (Fsp3) is 0.333. The van der Waals surface area contributed by atoms with Crippen LogP contribution < -0.4 is 9.03 Å². The first kappa shape index (κ1) is 20.4. The van der Waals surface area contributed by atoms with Crippen molar-refractivity contribution in [2.45, 2.75) is 25.7 Å². The molecule has 0 heterocycles. The predicted octanol–water partition coefficient (Wildman–Crippen LogP) is 2.36. The van der Waals surface area contributed by atoms with Crippen LogP contribution in [0.3, 0.4) is 0 Å². The van der Waals surface area contributed by atoms with Crippen molar-refractivity contribution in [1.29, 1.82) is 0 Å². The first-order valence-corrected chi connectivity index (χ1v) is 11.5. The molecular formula is C18H24N2O4S2. The summed E-state index contributed by atoms with van der Waals surface area (Å²) in [4.78, 5) is 0.162. The number of nitrogens with one attached hydrogen (secondary N) is 1. The van der Waals surface area contributed by atoms with Gasteiger partial charge in [-0.15, -0.1) is 0 Å². The Morgan fingerprint density at radius 3 is 2.04 bits per heavy atom. The first-order chi connectivity index (χ1) is 12.0. The smallest absolute Gasteiger partial charge is 0.240 e. The molecule has 0 fully saturated rings. The molecule has 2 aromatic rings. The highest BCUT2D eigenvalue weighted by atomic mass is 32.2. The second-order valence-corrected chi connectivity index (χ2v) is 9.96. The number of sulfonamides is 2. The zero-order chi connectivity index (χ0) is 19.5. The van der Waals surface area contributed by atoms with Gasteiger partial charge < -0.3 is 0 Å². The van der Waals surface area contributed by atoms with Gasteiger partial charge in [0.2, 0.25) is 20.0 Å². The zero-order valence-corrected chi connectivity index (χ0v) is 17.0. The molecule has 0 saturated heterocycles. The van der Waals surface area contributed by atoms with E-state index in [4.69, 9.17) is 0 Å². The lowest BCUT2D eigenvalue weighted by Gasteiger charge is -2.26. The Morgan fingerprint density at radius 2 is 1.50 bits per heavy atom. The first-order valence-electron chi connectivity index (χ1n) is 8.12. The second kappa shape index (κ2) is 7.77. The van der Waals surface area contributed by atoms with E-state index in [9.17, 15) is 16.8 Å². The van der Waals surface area contributed by atoms with Crippen LogP contribution in [0.25, 0.3) is 0 Å². The third-order valence-electron chi connectivity index (χ3n) is 4.00. The molecule has 0 atom stereocenters. The van der Waals surface area contributed by atoms with Crippen LogP contribution in [0.2, 0.25) is 0 Å². The lowest BCUT2D eigenvalue weighted by atomic mass is 10.1. The molecule has 2 rings (SSSR count). The summed E-state index contributed by atoms with van der Waals surface area (Å²) in [5.74, 6) is 0. The van der Waals surface area contributed by atoms with Gasteiger partial charge in [0.1, 0.15) is 0 Å². The molecule has 0 aliphatic carbocycles. The Labute approximate surface area is 156 Å². The largest absolute Gasteiger partial charge is 0.269 e. The molecule has 26 heavy (non-hydrogen) atoms. The number of anilines is 1. The fourth-order valence-corrected chi connectivity index (χ4v) is 4.96. The molecule has 1 N–H and O–H groups in total. The van der Waals surface area contributed by atoms with Gasteiger partial charge >= 0.3 is 0 Å². The monoisotopic (exact) mass is 396 g/mol. The Kier molecular flexibility index (Phi) is 6.10. The summed E-state index contributed by atoms with van der Waals surface area (Å²) in [5.41, 5.74) is 3.06. The van der Waals surface area contributed by atoms with Crippen molar-refractivity contribution >= 4 is 25.7 Å². The summed E-state index contributed by atoms with van der Waals surface area (Å²) in [5, 5.41) is 0. The summed E-state index contributed by atoms with van der Waals surface area (Å²) >= 11 is 0. The third kappa shape index (κ3) is 4.84. The maximum atomic E-state index is 12.4. The van der Waals surface area contributed by atoms with Gasteiger partial charge in [-0.2, -0.15) is 0 Å². The predicted molar refractivity (Wildman–Crippen MR) is 104 cm³/mol. The molecule has 0 radical (unpaired) electrons. The molecule has 2 aromatic carbocycles. The average molecular weight is 397 g/mol. The van der Waals surface area contributed by atoms with Crippen molar-refractivity contribution in [3.05, 3.63) is 59.2 Å². The van der Waals surface area contributed by atoms with E-state index in [2.05, 4.69) is 4.72 Å². The van der Waals surface area contributed by atoms with Crippen molar-refractivity contribution in [3.8, 4) is 0 Å². The van der Waals surface area contributed by atoms with Gasteiger partial charge in [0, 0.05) is 13.1 Å². The van der Waals surface area contributed by atoms with Crippen molar-refractivity contribution < 1.29 is 16.8 Å². The van der Waals surface area contributed by atoms with E-state index in [0.29, 0.717) is 5.69 Å². The van der Waals surface area contributed by atoms with Crippen molar-refractivity contribution in [3.63, 3.8) is 0 Å². The molecule has 0 aliphatic rings. The highest BCUT2D eigenvalue weighted by Crippen LogP contribution is 2.26. The Hall–Kier alpha value is -1.90. The van der Waals surface area contributed by atoms with Crippen LogP contribution in [0.5, 0.6) is 0 Å². The minimum Gasteiger partial charge on any atom is -0.269 e. The minimum atomic E-state index is -3.70. The van der Waals surface area contributed by atoms with Gasteiger partial charge in [-0.3, -0.25) is 4.31 Å². The highest BCUT2D eigenvalue weighted by Gasteiger charge is 2.22. The van der Waals surface area contributed by atoms with Gasteiger partial charge in [0.05, 0.1) is 16.8 Å². The number of nitrogens with zero attached hydrogens (tertiary/aromatic N) is 1. The molecule has 0 saturated carbocycles.